The minimum absolute atomic E-state index is 0.419. The first-order chi connectivity index (χ1) is 5.24. The molecule has 0 bridgehead atoms. The van der Waals surface area contributed by atoms with Crippen LogP contribution in [0, 0.1) is 5.92 Å². The van der Waals surface area contributed by atoms with E-state index in [0.717, 1.165) is 11.5 Å². The molecule has 0 radical (unpaired) electrons. The van der Waals surface area contributed by atoms with Crippen LogP contribution in [0.1, 0.15) is 39.5 Å². The molecule has 2 atom stereocenters. The molecular formula is C9H16OS. The Morgan fingerprint density at radius 1 is 1.64 bits per heavy atom. The predicted molar refractivity (Wildman–Crippen MR) is 50.8 cm³/mol. The summed E-state index contributed by atoms with van der Waals surface area (Å²) in [6, 6.07) is 0. The second kappa shape index (κ2) is 4.05. The molecule has 0 spiro atoms. The molecule has 1 rings (SSSR count). The van der Waals surface area contributed by atoms with Crippen molar-refractivity contribution in [2.24, 2.45) is 5.92 Å². The van der Waals surface area contributed by atoms with Gasteiger partial charge >= 0.3 is 0 Å². The first-order valence-corrected chi connectivity index (χ1v) is 4.84. The van der Waals surface area contributed by atoms with Crippen LogP contribution in [0.15, 0.2) is 0 Å². The Kier molecular flexibility index (Phi) is 3.31. The van der Waals surface area contributed by atoms with Crippen molar-refractivity contribution in [3.8, 4) is 0 Å². The number of unbranched alkanes of at least 4 members (excludes halogenated alkanes) is 1. The van der Waals surface area contributed by atoms with Crippen molar-refractivity contribution in [2.45, 2.75) is 45.6 Å². The lowest BCUT2D eigenvalue weighted by atomic mass is 10.00. The van der Waals surface area contributed by atoms with Gasteiger partial charge in [-0.15, -0.1) is 0 Å². The maximum atomic E-state index is 5.51. The molecule has 0 aliphatic carbocycles. The van der Waals surface area contributed by atoms with Gasteiger partial charge < -0.3 is 4.74 Å². The highest BCUT2D eigenvalue weighted by molar-refractivity contribution is 7.80. The molecule has 64 valence electrons. The minimum Gasteiger partial charge on any atom is -0.484 e. The van der Waals surface area contributed by atoms with E-state index in [1.165, 1.54) is 19.3 Å². The highest BCUT2D eigenvalue weighted by atomic mass is 32.1. The van der Waals surface area contributed by atoms with Gasteiger partial charge in [0.2, 0.25) is 0 Å². The van der Waals surface area contributed by atoms with Gasteiger partial charge in [-0.25, -0.2) is 0 Å². The third-order valence-electron chi connectivity index (χ3n) is 2.25. The maximum absolute atomic E-state index is 5.51. The van der Waals surface area contributed by atoms with E-state index in [2.05, 4.69) is 13.8 Å². The fourth-order valence-electron chi connectivity index (χ4n) is 1.48. The van der Waals surface area contributed by atoms with Gasteiger partial charge in [0.1, 0.15) is 6.10 Å². The number of ether oxygens (including phenoxy) is 1. The molecule has 2 unspecified atom stereocenters. The van der Waals surface area contributed by atoms with Gasteiger partial charge in [0.05, 0.1) is 0 Å². The number of rotatable bonds is 3. The van der Waals surface area contributed by atoms with Gasteiger partial charge in [0.15, 0.2) is 5.05 Å². The molecule has 0 aromatic heterocycles. The second-order valence-electron chi connectivity index (χ2n) is 3.35. The Hall–Kier alpha value is -0.110. The topological polar surface area (TPSA) is 9.23 Å². The lowest BCUT2D eigenvalue weighted by Gasteiger charge is -2.12. The number of hydrogen-bond acceptors (Lipinski definition) is 2. The number of thiocarbonyl (C=S) groups is 1. The van der Waals surface area contributed by atoms with Crippen molar-refractivity contribution in [2.75, 3.05) is 0 Å². The van der Waals surface area contributed by atoms with Crippen LogP contribution < -0.4 is 0 Å². The summed E-state index contributed by atoms with van der Waals surface area (Å²) in [6.45, 7) is 4.43. The van der Waals surface area contributed by atoms with Crippen LogP contribution in [-0.4, -0.2) is 11.2 Å². The summed E-state index contributed by atoms with van der Waals surface area (Å²) in [7, 11) is 0. The Morgan fingerprint density at radius 2 is 2.36 bits per heavy atom. The summed E-state index contributed by atoms with van der Waals surface area (Å²) in [4.78, 5) is 0. The van der Waals surface area contributed by atoms with Crippen LogP contribution in [-0.2, 0) is 4.74 Å². The quantitative estimate of drug-likeness (QED) is 0.605. The van der Waals surface area contributed by atoms with Crippen molar-refractivity contribution in [1.29, 1.82) is 0 Å². The smallest absolute Gasteiger partial charge is 0.160 e. The van der Waals surface area contributed by atoms with Crippen LogP contribution in [0.25, 0.3) is 0 Å². The minimum atomic E-state index is 0.419. The molecule has 1 nitrogen and oxygen atoms in total. The van der Waals surface area contributed by atoms with Crippen LogP contribution in [0.2, 0.25) is 0 Å². The standard InChI is InChI=1S/C9H16OS/c1-3-4-5-8-7(2)6-9(11)10-8/h7-8H,3-6H2,1-2H3. The highest BCUT2D eigenvalue weighted by Crippen LogP contribution is 2.26. The third kappa shape index (κ3) is 2.44. The van der Waals surface area contributed by atoms with E-state index >= 15 is 0 Å². The van der Waals surface area contributed by atoms with E-state index in [0.29, 0.717) is 12.0 Å². The molecule has 1 aliphatic rings. The Bertz CT molecular complexity index is 144. The summed E-state index contributed by atoms with van der Waals surface area (Å²) in [5, 5.41) is 0.818. The fourth-order valence-corrected chi connectivity index (χ4v) is 1.86. The first kappa shape index (κ1) is 8.98. The van der Waals surface area contributed by atoms with Gasteiger partial charge in [0, 0.05) is 12.3 Å². The normalized spacial score (nSPS) is 30.5. The van der Waals surface area contributed by atoms with Crippen LogP contribution in [0.5, 0.6) is 0 Å². The summed E-state index contributed by atoms with van der Waals surface area (Å²) in [5.74, 6) is 0.647. The van der Waals surface area contributed by atoms with E-state index in [-0.39, 0.29) is 0 Å². The largest absolute Gasteiger partial charge is 0.484 e. The van der Waals surface area contributed by atoms with Crippen LogP contribution in [0.4, 0.5) is 0 Å². The molecule has 0 aromatic rings. The molecule has 2 heteroatoms. The molecule has 0 aromatic carbocycles. The zero-order chi connectivity index (χ0) is 8.27. The highest BCUT2D eigenvalue weighted by Gasteiger charge is 2.27. The second-order valence-corrected chi connectivity index (χ2v) is 3.81. The fraction of sp³-hybridized carbons (Fsp3) is 0.889. The Morgan fingerprint density at radius 3 is 2.82 bits per heavy atom. The van der Waals surface area contributed by atoms with Crippen LogP contribution >= 0.6 is 12.2 Å². The average Bonchev–Trinajstić information content (AvgIpc) is 2.26. The molecule has 0 amide bonds. The maximum Gasteiger partial charge on any atom is 0.160 e. The predicted octanol–water partition coefficient (Wildman–Crippen LogP) is 2.93. The van der Waals surface area contributed by atoms with Crippen molar-refractivity contribution < 1.29 is 4.74 Å². The van der Waals surface area contributed by atoms with E-state index in [1.807, 2.05) is 0 Å². The van der Waals surface area contributed by atoms with Crippen molar-refractivity contribution in [3.05, 3.63) is 0 Å². The molecule has 0 N–H and O–H groups in total. The molecule has 1 saturated heterocycles. The Balaban J connectivity index is 2.28. The van der Waals surface area contributed by atoms with Gasteiger partial charge in [-0.3, -0.25) is 0 Å². The monoisotopic (exact) mass is 172 g/mol. The molecule has 11 heavy (non-hydrogen) atoms. The Labute approximate surface area is 74.1 Å². The van der Waals surface area contributed by atoms with Gasteiger partial charge in [-0.1, -0.05) is 26.7 Å². The van der Waals surface area contributed by atoms with Crippen molar-refractivity contribution in [1.82, 2.24) is 0 Å². The molecular weight excluding hydrogens is 156 g/mol. The summed E-state index contributed by atoms with van der Waals surface area (Å²) in [5.41, 5.74) is 0. The van der Waals surface area contributed by atoms with Gasteiger partial charge in [-0.05, 0) is 18.6 Å². The molecule has 1 heterocycles. The summed E-state index contributed by atoms with van der Waals surface area (Å²) >= 11 is 5.00. The van der Waals surface area contributed by atoms with Crippen molar-refractivity contribution in [3.63, 3.8) is 0 Å². The third-order valence-corrected chi connectivity index (χ3v) is 2.51. The molecule has 1 aliphatic heterocycles. The average molecular weight is 172 g/mol. The SMILES string of the molecule is CCCCC1OC(=S)CC1C. The number of hydrogen-bond donors (Lipinski definition) is 0. The zero-order valence-corrected chi connectivity index (χ0v) is 8.12. The molecule has 0 saturated carbocycles. The van der Waals surface area contributed by atoms with Crippen molar-refractivity contribution >= 4 is 17.3 Å². The van der Waals surface area contributed by atoms with Crippen LogP contribution in [0.3, 0.4) is 0 Å². The molecule has 1 fully saturated rings. The van der Waals surface area contributed by atoms with Gasteiger partial charge in [-0.2, -0.15) is 0 Å². The summed E-state index contributed by atoms with van der Waals surface area (Å²) in [6.07, 6.45) is 5.10. The van der Waals surface area contributed by atoms with E-state index in [9.17, 15) is 0 Å². The zero-order valence-electron chi connectivity index (χ0n) is 7.30. The first-order valence-electron chi connectivity index (χ1n) is 4.43. The van der Waals surface area contributed by atoms with E-state index in [4.69, 9.17) is 17.0 Å². The van der Waals surface area contributed by atoms with E-state index in [1.54, 1.807) is 0 Å². The lowest BCUT2D eigenvalue weighted by Crippen LogP contribution is -2.12. The van der Waals surface area contributed by atoms with Gasteiger partial charge in [0.25, 0.3) is 0 Å². The summed E-state index contributed by atoms with van der Waals surface area (Å²) < 4.78 is 5.51. The lowest BCUT2D eigenvalue weighted by molar-refractivity contribution is 0.170. The van der Waals surface area contributed by atoms with E-state index < -0.39 is 0 Å².